The third-order valence-corrected chi connectivity index (χ3v) is 5.77. The average Bonchev–Trinajstić information content (AvgIpc) is 3.31. The van der Waals surface area contributed by atoms with Crippen molar-refractivity contribution in [3.8, 4) is 0 Å². The number of aliphatic hydroxyl groups is 1. The van der Waals surface area contributed by atoms with Gasteiger partial charge >= 0.3 is 0 Å². The molecule has 1 spiro atoms. The first-order valence-corrected chi connectivity index (χ1v) is 9.18. The third kappa shape index (κ3) is 2.90. The fourth-order valence-electron chi connectivity index (χ4n) is 3.81. The van der Waals surface area contributed by atoms with E-state index in [1.54, 1.807) is 12.1 Å². The van der Waals surface area contributed by atoms with Gasteiger partial charge in [-0.05, 0) is 36.1 Å². The van der Waals surface area contributed by atoms with E-state index in [9.17, 15) is 19.1 Å². The van der Waals surface area contributed by atoms with E-state index in [-0.39, 0.29) is 18.4 Å². The summed E-state index contributed by atoms with van der Waals surface area (Å²) in [6, 6.07) is 5.33. The lowest BCUT2D eigenvalue weighted by molar-refractivity contribution is -0.120. The first kappa shape index (κ1) is 18.0. The molecule has 0 bridgehead atoms. The summed E-state index contributed by atoms with van der Waals surface area (Å²) in [7, 11) is 0. The summed E-state index contributed by atoms with van der Waals surface area (Å²) in [6.45, 7) is 1.65. The number of aromatic nitrogens is 2. The minimum Gasteiger partial charge on any atom is -0.373 e. The smallest absolute Gasteiger partial charge is 0.256 e. The van der Waals surface area contributed by atoms with Crippen LogP contribution in [0.1, 0.15) is 29.3 Å². The minimum atomic E-state index is -1.11. The molecular formula is C18H16BrFN4O3. The van der Waals surface area contributed by atoms with Gasteiger partial charge in [-0.3, -0.25) is 14.9 Å². The fraction of sp³-hybridized carbons (Fsp3) is 0.333. The summed E-state index contributed by atoms with van der Waals surface area (Å²) in [5.74, 6) is -1.50. The molecule has 9 heteroatoms. The average molecular weight is 435 g/mol. The number of fused-ring (bicyclic) bond motifs is 2. The second kappa shape index (κ2) is 6.35. The van der Waals surface area contributed by atoms with Crippen LogP contribution in [0.2, 0.25) is 0 Å². The third-order valence-electron chi connectivity index (χ3n) is 5.28. The van der Waals surface area contributed by atoms with Crippen molar-refractivity contribution in [2.24, 2.45) is 5.92 Å². The van der Waals surface area contributed by atoms with Crippen LogP contribution in [-0.4, -0.2) is 44.6 Å². The Labute approximate surface area is 162 Å². The lowest BCUT2D eigenvalue weighted by atomic mass is 9.83. The molecule has 0 saturated heterocycles. The van der Waals surface area contributed by atoms with Gasteiger partial charge in [0.1, 0.15) is 12.8 Å². The van der Waals surface area contributed by atoms with E-state index in [2.05, 4.69) is 31.2 Å². The molecule has 1 saturated carbocycles. The normalized spacial score (nSPS) is 26.1. The Hall–Kier alpha value is -2.39. The largest absolute Gasteiger partial charge is 0.373 e. The van der Waals surface area contributed by atoms with Gasteiger partial charge in [-0.2, -0.15) is 0 Å². The molecule has 2 aromatic rings. The van der Waals surface area contributed by atoms with Gasteiger partial charge in [-0.15, -0.1) is 0 Å². The Morgan fingerprint density at radius 3 is 2.74 bits per heavy atom. The number of benzene rings is 1. The Kier molecular flexibility index (Phi) is 4.23. The number of nitrogens with one attached hydrogen (secondary N) is 1. The summed E-state index contributed by atoms with van der Waals surface area (Å²) in [6.07, 6.45) is 1.47. The van der Waals surface area contributed by atoms with E-state index in [4.69, 9.17) is 0 Å². The number of rotatable bonds is 3. The number of hydrogen-bond donors (Lipinski definition) is 2. The maximum Gasteiger partial charge on any atom is 0.256 e. The van der Waals surface area contributed by atoms with Crippen molar-refractivity contribution < 1.29 is 19.1 Å². The zero-order valence-corrected chi connectivity index (χ0v) is 15.9. The summed E-state index contributed by atoms with van der Waals surface area (Å²) in [5, 5.41) is 13.3. The molecular weight excluding hydrogens is 419 g/mol. The monoisotopic (exact) mass is 434 g/mol. The van der Waals surface area contributed by atoms with Crippen molar-refractivity contribution in [3.05, 3.63) is 52.0 Å². The van der Waals surface area contributed by atoms with Gasteiger partial charge in [0.2, 0.25) is 11.9 Å². The van der Waals surface area contributed by atoms with Crippen LogP contribution in [0.25, 0.3) is 0 Å². The fourth-order valence-corrected chi connectivity index (χ4v) is 4.17. The number of nitrogens with zero attached hydrogens (tertiary/aromatic N) is 3. The van der Waals surface area contributed by atoms with E-state index >= 15 is 0 Å². The van der Waals surface area contributed by atoms with Crippen LogP contribution in [0.4, 0.5) is 10.3 Å². The van der Waals surface area contributed by atoms with Crippen molar-refractivity contribution in [1.29, 1.82) is 0 Å². The van der Waals surface area contributed by atoms with Crippen LogP contribution in [0.5, 0.6) is 0 Å². The second-order valence-electron chi connectivity index (χ2n) is 6.92. The number of halogens is 2. The molecule has 3 atom stereocenters. The molecule has 140 valence electrons. The SMILES string of the molecule is C[C@H]1C[C@]12c1cc(Br)ccc1C(=O)N(CC(=O)Nc1ncc(F)cn1)C2O. The van der Waals surface area contributed by atoms with Crippen molar-refractivity contribution in [1.82, 2.24) is 14.9 Å². The molecule has 2 amide bonds. The Bertz CT molecular complexity index is 939. The highest BCUT2D eigenvalue weighted by molar-refractivity contribution is 9.10. The van der Waals surface area contributed by atoms with Crippen LogP contribution in [0.3, 0.4) is 0 Å². The van der Waals surface area contributed by atoms with Crippen molar-refractivity contribution in [2.75, 3.05) is 11.9 Å². The molecule has 1 aliphatic carbocycles. The van der Waals surface area contributed by atoms with E-state index in [0.717, 1.165) is 28.9 Å². The van der Waals surface area contributed by atoms with E-state index in [1.165, 1.54) is 4.90 Å². The molecule has 1 fully saturated rings. The quantitative estimate of drug-likeness (QED) is 0.770. The molecule has 2 N–H and O–H groups in total. The molecule has 2 heterocycles. The Morgan fingerprint density at radius 1 is 1.44 bits per heavy atom. The number of anilines is 1. The van der Waals surface area contributed by atoms with Gasteiger partial charge in [0, 0.05) is 15.5 Å². The Balaban J connectivity index is 1.60. The van der Waals surface area contributed by atoms with Crippen molar-refractivity contribution in [3.63, 3.8) is 0 Å². The predicted molar refractivity (Wildman–Crippen MR) is 97.3 cm³/mol. The first-order valence-electron chi connectivity index (χ1n) is 8.39. The highest BCUT2D eigenvalue weighted by Crippen LogP contribution is 2.60. The molecule has 1 aromatic heterocycles. The number of carbonyl (C=O) groups excluding carboxylic acids is 2. The second-order valence-corrected chi connectivity index (χ2v) is 7.83. The number of amides is 2. The van der Waals surface area contributed by atoms with Crippen LogP contribution in [-0.2, 0) is 10.2 Å². The van der Waals surface area contributed by atoms with Crippen molar-refractivity contribution in [2.45, 2.75) is 25.0 Å². The maximum atomic E-state index is 12.9. The topological polar surface area (TPSA) is 95.4 Å². The number of carbonyl (C=O) groups is 2. The zero-order chi connectivity index (χ0) is 19.3. The number of aliphatic hydroxyl groups excluding tert-OH is 1. The van der Waals surface area contributed by atoms with Gasteiger partial charge in [-0.25, -0.2) is 14.4 Å². The van der Waals surface area contributed by atoms with Crippen molar-refractivity contribution >= 4 is 33.7 Å². The highest BCUT2D eigenvalue weighted by atomic mass is 79.9. The van der Waals surface area contributed by atoms with Gasteiger partial charge in [0.25, 0.3) is 5.91 Å². The number of hydrogen-bond acceptors (Lipinski definition) is 5. The molecule has 1 unspecified atom stereocenters. The van der Waals surface area contributed by atoms with Gasteiger partial charge in [0.15, 0.2) is 5.82 Å². The van der Waals surface area contributed by atoms with Gasteiger partial charge in [0.05, 0.1) is 12.4 Å². The standard InChI is InChI=1S/C18H16BrFN4O3/c1-9-5-18(9)13-4-10(19)2-3-12(13)15(26)24(16(18)27)8-14(25)23-17-21-6-11(20)7-22-17/h2-4,6-7,9,16,27H,5,8H2,1H3,(H,21,22,23,25)/t9-,16?,18+/m0/s1. The predicted octanol–water partition coefficient (Wildman–Crippen LogP) is 2.07. The zero-order valence-electron chi connectivity index (χ0n) is 14.3. The molecule has 2 aliphatic rings. The molecule has 7 nitrogen and oxygen atoms in total. The minimum absolute atomic E-state index is 0.0702. The van der Waals surface area contributed by atoms with Gasteiger partial charge in [-0.1, -0.05) is 22.9 Å². The Morgan fingerprint density at radius 2 is 2.11 bits per heavy atom. The molecule has 27 heavy (non-hydrogen) atoms. The lowest BCUT2D eigenvalue weighted by Gasteiger charge is -2.40. The van der Waals surface area contributed by atoms with Crippen LogP contribution in [0, 0.1) is 11.7 Å². The van der Waals surface area contributed by atoms with E-state index < -0.39 is 29.3 Å². The maximum absolute atomic E-state index is 12.9. The molecule has 0 radical (unpaired) electrons. The summed E-state index contributed by atoms with van der Waals surface area (Å²) in [5.41, 5.74) is 0.721. The molecule has 1 aliphatic heterocycles. The van der Waals surface area contributed by atoms with Crippen LogP contribution >= 0.6 is 15.9 Å². The summed E-state index contributed by atoms with van der Waals surface area (Å²) in [4.78, 5) is 33.7. The summed E-state index contributed by atoms with van der Waals surface area (Å²) >= 11 is 3.42. The van der Waals surface area contributed by atoms with Gasteiger partial charge < -0.3 is 10.0 Å². The highest BCUT2D eigenvalue weighted by Gasteiger charge is 2.63. The van der Waals surface area contributed by atoms with E-state index in [0.29, 0.717) is 5.56 Å². The van der Waals surface area contributed by atoms with E-state index in [1.807, 2.05) is 13.0 Å². The first-order chi connectivity index (χ1) is 12.8. The molecule has 4 rings (SSSR count). The molecule has 1 aromatic carbocycles. The lowest BCUT2D eigenvalue weighted by Crippen LogP contribution is -2.54. The van der Waals surface area contributed by atoms with Crippen LogP contribution < -0.4 is 5.32 Å². The van der Waals surface area contributed by atoms with Crippen LogP contribution in [0.15, 0.2) is 35.1 Å². The summed E-state index contributed by atoms with van der Waals surface area (Å²) < 4.78 is 13.7.